The summed E-state index contributed by atoms with van der Waals surface area (Å²) in [4.78, 5) is 27.9. The van der Waals surface area contributed by atoms with Crippen LogP contribution >= 0.6 is 139 Å². The third-order valence-corrected chi connectivity index (χ3v) is 23.7. The summed E-state index contributed by atoms with van der Waals surface area (Å²) in [6.45, 7) is 38.1. The van der Waals surface area contributed by atoms with Crippen molar-refractivity contribution >= 4 is 152 Å². The van der Waals surface area contributed by atoms with Crippen LogP contribution in [-0.2, 0) is 18.0 Å². The topological polar surface area (TPSA) is 109 Å². The van der Waals surface area contributed by atoms with Crippen LogP contribution < -0.4 is 23.7 Å². The largest absolute Gasteiger partial charge is 0.507 e. The molecule has 122 heavy (non-hydrogen) atoms. The van der Waals surface area contributed by atoms with Gasteiger partial charge in [0.25, 0.3) is 5.54 Å². The predicted octanol–water partition coefficient (Wildman–Crippen LogP) is 33.5. The van der Waals surface area contributed by atoms with Gasteiger partial charge in [0.15, 0.2) is 0 Å². The van der Waals surface area contributed by atoms with Crippen LogP contribution in [0.1, 0.15) is 123 Å². The normalized spacial score (nSPS) is 11.0. The van der Waals surface area contributed by atoms with Crippen LogP contribution in [0.25, 0.3) is 9.69 Å². The van der Waals surface area contributed by atoms with Gasteiger partial charge in [-0.1, -0.05) is 44.0 Å². The Bertz CT molecular complexity index is 5660. The van der Waals surface area contributed by atoms with Gasteiger partial charge in [-0.25, -0.2) is 43.9 Å². The van der Waals surface area contributed by atoms with Crippen LogP contribution in [0.15, 0.2) is 209 Å². The zero-order valence-corrected chi connectivity index (χ0v) is 81.9. The maximum Gasteiger partial charge on any atom is 0.258 e. The Hall–Kier alpha value is -8.60. The van der Waals surface area contributed by atoms with Gasteiger partial charge in [0.2, 0.25) is 6.54 Å². The molecule has 0 atom stereocenters. The molecule has 0 radical (unpaired) electrons. The number of aldehydes is 2. The minimum absolute atomic E-state index is 0.182. The Balaban J connectivity index is 0.000000222. The van der Waals surface area contributed by atoms with Gasteiger partial charge >= 0.3 is 0 Å². The fraction of sp³-hybridized carbons (Fsp3) is 0.208. The molecular weight excluding hydrogens is 2120 g/mol. The van der Waals surface area contributed by atoms with Gasteiger partial charge in [-0.05, 0) is 433 Å². The summed E-state index contributed by atoms with van der Waals surface area (Å²) in [6.07, 6.45) is 3.27. The highest BCUT2D eigenvalue weighted by molar-refractivity contribution is 9.12. The Morgan fingerprint density at radius 3 is 0.926 bits per heavy atom. The van der Waals surface area contributed by atoms with Crippen LogP contribution in [0, 0.1) is 144 Å². The van der Waals surface area contributed by atoms with E-state index >= 15 is 0 Å². The molecule has 638 valence electrons. The molecule has 0 aromatic heterocycles. The first-order valence-electron chi connectivity index (χ1n) is 37.1. The minimum atomic E-state index is -0.356. The van der Waals surface area contributed by atoms with E-state index < -0.39 is 0 Å². The van der Waals surface area contributed by atoms with Crippen molar-refractivity contribution in [3.05, 3.63) is 373 Å². The summed E-state index contributed by atoms with van der Waals surface area (Å²) in [5.41, 5.74) is 13.6. The van der Waals surface area contributed by atoms with Crippen LogP contribution in [0.3, 0.4) is 0 Å². The van der Waals surface area contributed by atoms with E-state index in [1.54, 1.807) is 45.9 Å². The Labute approximate surface area is 780 Å². The smallest absolute Gasteiger partial charge is 0.258 e. The first kappa shape index (κ1) is 102. The standard InChI is InChI=1S/C18H15BrFNO.C16H13BrFNO.C15H13BrClFO.C15H12BrFO2.C15H14BrFO.C8H9FO.C7H4BrFO.C2H4Br2/c1-11-8-14(20)9-12(2)17(11)22-16-5-4-13(10-15(16)19)18(21-3)6-7-18;1-10-6-13(18)7-11(2)16(10)20-15-5-4-12(9-19-3)8-14(15)17;1-9-5-12(18)6-10(2)15(9)19-14-4-3-11(8-17)7-13(14)16;1-9-5-12(17)6-10(2)15(9)19-14-4-3-11(8-18)7-13(14)16;1-9-4-5-14(13(16)6-9)18-15-10(2)7-12(17)8-11(15)3;1-5-3-7(9)4-6(2)8(5)10;8-6-3-5(4-10)1-2-7(6)9;3-1-2-4/h4-5,8-10H,6-7H2,1-2H3;4-8H,9H2,1-2H3;3-7H,8H2,1-2H3;3-8H,1-2H3;4-8H,1-3H3;3-4,10H,1-2H3;1-4H;1-2H2. The van der Waals surface area contributed by atoms with Crippen LogP contribution in [0.5, 0.6) is 63.2 Å². The highest BCUT2D eigenvalue weighted by Crippen LogP contribution is 2.51. The van der Waals surface area contributed by atoms with Crippen molar-refractivity contribution in [1.82, 2.24) is 0 Å². The number of nitrogens with zero attached hydrogens (tertiary/aromatic N) is 2. The second-order valence-electron chi connectivity index (χ2n) is 27.9. The van der Waals surface area contributed by atoms with Crippen molar-refractivity contribution in [3.63, 3.8) is 0 Å². The molecule has 0 bridgehead atoms. The number of benzene rings is 12. The number of ether oxygens (including phenoxy) is 5. The third-order valence-electron chi connectivity index (χ3n) is 17.8. The molecule has 1 aliphatic rings. The number of hydrogen-bond donors (Lipinski definition) is 1. The molecule has 26 heteroatoms. The van der Waals surface area contributed by atoms with Crippen LogP contribution in [0.2, 0.25) is 0 Å². The van der Waals surface area contributed by atoms with Gasteiger partial charge in [-0.15, -0.1) is 11.6 Å². The number of phenols is 1. The monoisotopic (exact) mass is 2190 g/mol. The van der Waals surface area contributed by atoms with E-state index in [-0.39, 0.29) is 52.0 Å². The average molecular weight is 2200 g/mol. The van der Waals surface area contributed by atoms with Crippen molar-refractivity contribution in [3.8, 4) is 63.2 Å². The van der Waals surface area contributed by atoms with Crippen molar-refractivity contribution < 1.29 is 69.1 Å². The van der Waals surface area contributed by atoms with Crippen LogP contribution in [0.4, 0.5) is 30.7 Å². The van der Waals surface area contributed by atoms with Crippen molar-refractivity contribution in [2.24, 2.45) is 0 Å². The fourth-order valence-electron chi connectivity index (χ4n) is 11.7. The molecule has 0 saturated heterocycles. The van der Waals surface area contributed by atoms with E-state index in [2.05, 4.69) is 137 Å². The van der Waals surface area contributed by atoms with E-state index in [0.717, 1.165) is 131 Å². The molecular formula is C96H84Br8ClF7N2O8. The lowest BCUT2D eigenvalue weighted by Crippen LogP contribution is -2.00. The molecule has 0 aliphatic heterocycles. The summed E-state index contributed by atoms with van der Waals surface area (Å²) >= 11 is 32.4. The zero-order valence-electron chi connectivity index (χ0n) is 68.5. The van der Waals surface area contributed by atoms with E-state index in [1.165, 1.54) is 91.0 Å². The Morgan fingerprint density at radius 2 is 0.648 bits per heavy atom. The molecule has 1 fully saturated rings. The molecule has 1 N–H and O–H groups in total. The number of carbonyl (C=O) groups is 2. The van der Waals surface area contributed by atoms with Gasteiger partial charge in [-0.2, -0.15) is 0 Å². The lowest BCUT2D eigenvalue weighted by molar-refractivity contribution is 0.111. The van der Waals surface area contributed by atoms with Crippen molar-refractivity contribution in [2.45, 2.75) is 121 Å². The van der Waals surface area contributed by atoms with E-state index in [1.807, 2.05) is 135 Å². The number of carbonyl (C=O) groups excluding carboxylic acids is 2. The first-order valence-corrected chi connectivity index (χ1v) is 44.6. The Morgan fingerprint density at radius 1 is 0.369 bits per heavy atom. The number of alkyl halides is 3. The number of aromatic hydroxyl groups is 1. The lowest BCUT2D eigenvalue weighted by Gasteiger charge is -2.14. The molecule has 0 unspecified atom stereocenters. The fourth-order valence-corrected chi connectivity index (χ4v) is 14.8. The second-order valence-corrected chi connectivity index (χ2v) is 34.9. The highest BCUT2D eigenvalue weighted by Gasteiger charge is 2.52. The summed E-state index contributed by atoms with van der Waals surface area (Å²) in [7, 11) is 0. The summed E-state index contributed by atoms with van der Waals surface area (Å²) in [5.74, 6) is 5.36. The highest BCUT2D eigenvalue weighted by atomic mass is 79.9. The van der Waals surface area contributed by atoms with Gasteiger partial charge in [0.05, 0.1) is 26.8 Å². The van der Waals surface area contributed by atoms with E-state index in [0.29, 0.717) is 102 Å². The Kier molecular flexibility index (Phi) is 41.2. The van der Waals surface area contributed by atoms with Gasteiger partial charge in [-0.3, -0.25) is 9.59 Å². The second kappa shape index (κ2) is 49.2. The zero-order chi connectivity index (χ0) is 90.6. The minimum Gasteiger partial charge on any atom is -0.507 e. The summed E-state index contributed by atoms with van der Waals surface area (Å²) in [6, 6.07) is 49.1. The molecule has 0 amide bonds. The maximum atomic E-state index is 13.4. The maximum absolute atomic E-state index is 13.4. The number of aryl methyl sites for hydroxylation is 13. The van der Waals surface area contributed by atoms with Crippen molar-refractivity contribution in [1.29, 1.82) is 0 Å². The van der Waals surface area contributed by atoms with Crippen molar-refractivity contribution in [2.75, 3.05) is 10.7 Å². The predicted molar refractivity (Wildman–Crippen MR) is 503 cm³/mol. The molecule has 0 spiro atoms. The van der Waals surface area contributed by atoms with E-state index in [9.17, 15) is 40.3 Å². The number of rotatable bonds is 16. The number of phenolic OH excluding ortho intramolecular Hbond substituents is 1. The lowest BCUT2D eigenvalue weighted by atomic mass is 10.1. The van der Waals surface area contributed by atoms with Gasteiger partial charge < -0.3 is 38.5 Å². The first-order chi connectivity index (χ1) is 57.7. The molecule has 12 aromatic rings. The SMILES string of the molecule is BrCCBr.Cc1cc(F)cc(C)c1O.Cc1cc(F)cc(C)c1Oc1ccc(C=O)cc1Br.Cc1cc(F)cc(C)c1Oc1ccc(CCl)cc1Br.Cc1ccc(Oc2c(C)cc(F)cc2C)c(Br)c1.O=Cc1ccc(F)c(Br)c1.[C-]#[N+]C1(c2ccc(Oc3c(C)cc(F)cc3C)c(Br)c2)CC1.[C-]#[N+]Cc1ccc(Oc2c(C)cc(F)cc2C)c(Br)c1. The molecule has 1 saturated carbocycles. The van der Waals surface area contributed by atoms with E-state index in [4.69, 9.17) is 53.5 Å². The van der Waals surface area contributed by atoms with Gasteiger partial charge in [0, 0.05) is 51.6 Å². The van der Waals surface area contributed by atoms with Crippen LogP contribution in [-0.4, -0.2) is 28.3 Å². The van der Waals surface area contributed by atoms with Gasteiger partial charge in [0.1, 0.15) is 117 Å². The summed E-state index contributed by atoms with van der Waals surface area (Å²) in [5, 5.41) is 11.3. The molecule has 0 heterocycles. The molecule has 10 nitrogen and oxygen atoms in total. The molecule has 12 aromatic carbocycles. The average Bonchev–Trinajstić information content (AvgIpc) is 1.63. The quantitative estimate of drug-likeness (QED) is 0.0441. The molecule has 1 aliphatic carbocycles. The number of hydrogen-bond acceptors (Lipinski definition) is 8. The number of halogens is 16. The summed E-state index contributed by atoms with van der Waals surface area (Å²) < 4.78 is 125. The third kappa shape index (κ3) is 31.0. The molecule has 13 rings (SSSR count).